The summed E-state index contributed by atoms with van der Waals surface area (Å²) in [6, 6.07) is 20.1. The lowest BCUT2D eigenvalue weighted by Crippen LogP contribution is -2.29. The minimum atomic E-state index is -3.70. The molecule has 0 saturated carbocycles. The van der Waals surface area contributed by atoms with Gasteiger partial charge in [0, 0.05) is 0 Å². The van der Waals surface area contributed by atoms with Crippen LogP contribution in [0, 0.1) is 0 Å². The van der Waals surface area contributed by atoms with Gasteiger partial charge in [0.25, 0.3) is 0 Å². The average Bonchev–Trinajstić information content (AvgIpc) is 3.27. The van der Waals surface area contributed by atoms with E-state index in [1.54, 1.807) is 30.3 Å². The van der Waals surface area contributed by atoms with Gasteiger partial charge in [-0.1, -0.05) is 77.7 Å². The second-order valence-electron chi connectivity index (χ2n) is 6.65. The molecule has 6 nitrogen and oxygen atoms in total. The van der Waals surface area contributed by atoms with Gasteiger partial charge >= 0.3 is 0 Å². The van der Waals surface area contributed by atoms with Crippen LogP contribution in [0.15, 0.2) is 76.0 Å². The molecule has 3 N–H and O–H groups in total. The fourth-order valence-electron chi connectivity index (χ4n) is 3.71. The minimum absolute atomic E-state index is 0.179. The van der Waals surface area contributed by atoms with E-state index in [0.29, 0.717) is 9.47 Å². The third-order valence-corrected chi connectivity index (χ3v) is 8.51. The van der Waals surface area contributed by atoms with Crippen LogP contribution in [0.25, 0.3) is 10.8 Å². The van der Waals surface area contributed by atoms with Gasteiger partial charge < -0.3 is 5.73 Å². The van der Waals surface area contributed by atoms with Crippen LogP contribution < -0.4 is 10.5 Å². The fraction of sp³-hybridized carbons (Fsp3) is 0.100. The van der Waals surface area contributed by atoms with Gasteiger partial charge in [-0.3, -0.25) is 0 Å². The molecule has 1 aromatic heterocycles. The van der Waals surface area contributed by atoms with Gasteiger partial charge in [0.15, 0.2) is 4.34 Å². The number of anilines is 1. The largest absolute Gasteiger partial charge is 0.374 e. The molecule has 4 aromatic rings. The number of nitrogens with zero attached hydrogens (tertiary/aromatic N) is 2. The van der Waals surface area contributed by atoms with Crippen LogP contribution in [-0.4, -0.2) is 18.6 Å². The Labute approximate surface area is 176 Å². The zero-order valence-corrected chi connectivity index (χ0v) is 17.5. The van der Waals surface area contributed by atoms with Crippen LogP contribution in [0.2, 0.25) is 0 Å². The Morgan fingerprint density at radius 2 is 1.66 bits per heavy atom. The minimum Gasteiger partial charge on any atom is -0.374 e. The van der Waals surface area contributed by atoms with Gasteiger partial charge in [-0.05, 0) is 34.0 Å². The van der Waals surface area contributed by atoms with Gasteiger partial charge in [0.05, 0.1) is 16.2 Å². The van der Waals surface area contributed by atoms with Crippen molar-refractivity contribution in [2.24, 2.45) is 0 Å². The summed E-state index contributed by atoms with van der Waals surface area (Å²) in [7, 11) is -3.70. The molecule has 5 rings (SSSR count). The zero-order valence-electron chi connectivity index (χ0n) is 15.0. The summed E-state index contributed by atoms with van der Waals surface area (Å²) < 4.78 is 29.8. The first-order valence-corrected chi connectivity index (χ1v) is 12.1. The van der Waals surface area contributed by atoms with E-state index >= 15 is 0 Å². The van der Waals surface area contributed by atoms with Gasteiger partial charge in [0.1, 0.15) is 0 Å². The standard InChI is InChI=1S/C20H16N4O2S3/c21-19-22-23-20(28-19)27-18-15-11-5-7-12-6-4-10-14(16(12)15)17(18)24-29(25,26)13-8-2-1-3-9-13/h1-11,17-18,24H,(H2,21,22)/t17-,18-/m1/s1. The molecule has 1 heterocycles. The third kappa shape index (κ3) is 3.29. The monoisotopic (exact) mass is 440 g/mol. The SMILES string of the molecule is Nc1nnc(S[C@@H]2c3cccc4cccc(c34)[C@H]2NS(=O)(=O)c2ccccc2)s1. The number of nitrogens with one attached hydrogen (secondary N) is 1. The summed E-state index contributed by atoms with van der Waals surface area (Å²) in [5.41, 5.74) is 7.79. The van der Waals surface area contributed by atoms with Crippen LogP contribution in [-0.2, 0) is 10.0 Å². The Morgan fingerprint density at radius 1 is 0.931 bits per heavy atom. The predicted molar refractivity (Wildman–Crippen MR) is 116 cm³/mol. The van der Waals surface area contributed by atoms with E-state index in [-0.39, 0.29) is 10.1 Å². The number of thioether (sulfide) groups is 1. The van der Waals surface area contributed by atoms with Crippen molar-refractivity contribution in [2.75, 3.05) is 5.73 Å². The van der Waals surface area contributed by atoms with Crippen LogP contribution >= 0.6 is 23.1 Å². The molecule has 0 spiro atoms. The highest BCUT2D eigenvalue weighted by Crippen LogP contribution is 2.53. The quantitative estimate of drug-likeness (QED) is 0.484. The lowest BCUT2D eigenvalue weighted by atomic mass is 10.1. The van der Waals surface area contributed by atoms with Gasteiger partial charge in [-0.2, -0.15) is 0 Å². The van der Waals surface area contributed by atoms with Crippen molar-refractivity contribution in [3.63, 3.8) is 0 Å². The van der Waals surface area contributed by atoms with Crippen LogP contribution in [0.1, 0.15) is 22.4 Å². The van der Waals surface area contributed by atoms with Crippen LogP contribution in [0.3, 0.4) is 0 Å². The highest BCUT2D eigenvalue weighted by atomic mass is 32.2. The molecular formula is C20H16N4O2S3. The van der Waals surface area contributed by atoms with E-state index in [1.807, 2.05) is 36.4 Å². The molecule has 0 amide bonds. The number of hydrogen-bond donors (Lipinski definition) is 2. The lowest BCUT2D eigenvalue weighted by molar-refractivity contribution is 0.557. The van der Waals surface area contributed by atoms with E-state index in [2.05, 4.69) is 14.9 Å². The molecule has 0 saturated heterocycles. The molecule has 0 unspecified atom stereocenters. The Bertz CT molecular complexity index is 1300. The van der Waals surface area contributed by atoms with E-state index in [0.717, 1.165) is 21.9 Å². The molecule has 0 radical (unpaired) electrons. The topological polar surface area (TPSA) is 98.0 Å². The van der Waals surface area contributed by atoms with Gasteiger partial charge in [0.2, 0.25) is 15.2 Å². The maximum Gasteiger partial charge on any atom is 0.241 e. The van der Waals surface area contributed by atoms with Gasteiger partial charge in [-0.25, -0.2) is 13.1 Å². The first kappa shape index (κ1) is 18.6. The van der Waals surface area contributed by atoms with E-state index in [1.165, 1.54) is 23.1 Å². The van der Waals surface area contributed by atoms with Crippen LogP contribution in [0.5, 0.6) is 0 Å². The summed E-state index contributed by atoms with van der Waals surface area (Å²) >= 11 is 2.78. The molecule has 146 valence electrons. The van der Waals surface area contributed by atoms with E-state index in [4.69, 9.17) is 5.73 Å². The number of aromatic nitrogens is 2. The third-order valence-electron chi connectivity index (χ3n) is 4.90. The van der Waals surface area contributed by atoms with Crippen molar-refractivity contribution < 1.29 is 8.42 Å². The molecule has 1 aliphatic rings. The number of nitrogens with two attached hydrogens (primary N) is 1. The number of nitrogen functional groups attached to an aromatic ring is 1. The number of sulfonamides is 1. The second kappa shape index (κ2) is 7.10. The maximum atomic E-state index is 13.1. The van der Waals surface area contributed by atoms with E-state index in [9.17, 15) is 8.42 Å². The predicted octanol–water partition coefficient (Wildman–Crippen LogP) is 4.14. The molecule has 0 bridgehead atoms. The highest BCUT2D eigenvalue weighted by molar-refractivity contribution is 8.01. The smallest absolute Gasteiger partial charge is 0.241 e. The Hall–Kier alpha value is -2.46. The summed E-state index contributed by atoms with van der Waals surface area (Å²) in [4.78, 5) is 0.243. The van der Waals surface area contributed by atoms with Crippen molar-refractivity contribution in [3.8, 4) is 0 Å². The maximum absolute atomic E-state index is 13.1. The summed E-state index contributed by atoms with van der Waals surface area (Å²) in [5.74, 6) is 0. The Balaban J connectivity index is 1.61. The highest BCUT2D eigenvalue weighted by Gasteiger charge is 2.38. The lowest BCUT2D eigenvalue weighted by Gasteiger charge is -2.21. The average molecular weight is 441 g/mol. The number of hydrogen-bond acceptors (Lipinski definition) is 7. The van der Waals surface area contributed by atoms with Crippen molar-refractivity contribution in [2.45, 2.75) is 20.5 Å². The Kier molecular flexibility index (Phi) is 4.54. The summed E-state index contributed by atoms with van der Waals surface area (Å²) in [6.45, 7) is 0. The van der Waals surface area contributed by atoms with Gasteiger partial charge in [-0.15, -0.1) is 10.2 Å². The van der Waals surface area contributed by atoms with E-state index < -0.39 is 16.1 Å². The van der Waals surface area contributed by atoms with Crippen molar-refractivity contribution in [3.05, 3.63) is 77.9 Å². The summed E-state index contributed by atoms with van der Waals surface area (Å²) in [6.07, 6.45) is 0. The molecular weight excluding hydrogens is 424 g/mol. The molecule has 2 atom stereocenters. The molecule has 9 heteroatoms. The zero-order chi connectivity index (χ0) is 20.0. The molecule has 0 aliphatic heterocycles. The number of benzene rings is 3. The molecule has 1 aliphatic carbocycles. The first-order chi connectivity index (χ1) is 14.0. The first-order valence-electron chi connectivity index (χ1n) is 8.87. The molecule has 0 fully saturated rings. The molecule has 3 aromatic carbocycles. The van der Waals surface area contributed by atoms with Crippen molar-refractivity contribution in [1.29, 1.82) is 0 Å². The number of rotatable bonds is 5. The van der Waals surface area contributed by atoms with Crippen LogP contribution in [0.4, 0.5) is 5.13 Å². The summed E-state index contributed by atoms with van der Waals surface area (Å²) in [5, 5.41) is 10.4. The molecule has 29 heavy (non-hydrogen) atoms. The van der Waals surface area contributed by atoms with Crippen molar-refractivity contribution >= 4 is 49.0 Å². The second-order valence-corrected chi connectivity index (χ2v) is 10.8. The fourth-order valence-corrected chi connectivity index (χ4v) is 7.12. The Morgan fingerprint density at radius 3 is 2.34 bits per heavy atom. The van der Waals surface area contributed by atoms with Crippen molar-refractivity contribution in [1.82, 2.24) is 14.9 Å². The normalized spacial score (nSPS) is 18.3.